The summed E-state index contributed by atoms with van der Waals surface area (Å²) in [4.78, 5) is 38.1. The number of anilines is 1. The van der Waals surface area contributed by atoms with Crippen LogP contribution in [0.1, 0.15) is 63.9 Å². The molecule has 3 atom stereocenters. The molecule has 1 fully saturated rings. The number of carbonyl (C=O) groups is 3. The minimum atomic E-state index is -1.02. The molecule has 0 heterocycles. The fraction of sp³-hybridized carbons (Fsp3) is 0.483. The minimum Gasteiger partial charge on any atom is -0.480 e. The number of hydrogen-bond acceptors (Lipinski definition) is 4. The molecule has 1 aliphatic carbocycles. The molecule has 4 N–H and O–H groups in total. The van der Waals surface area contributed by atoms with Gasteiger partial charge in [-0.05, 0) is 56.2 Å². The molecular formula is C29H39N3O4. The van der Waals surface area contributed by atoms with Crippen LogP contribution < -0.4 is 16.0 Å². The summed E-state index contributed by atoms with van der Waals surface area (Å²) in [5, 5.41) is 18.2. The molecule has 7 heteroatoms. The molecule has 7 nitrogen and oxygen atoms in total. The van der Waals surface area contributed by atoms with Gasteiger partial charge >= 0.3 is 5.97 Å². The normalized spacial score (nSPS) is 16.5. The SMILES string of the molecule is C[C@@H](N[C@@H](CCc1ccccc1)C(=O)N[C@@H](CCC1CCCCC1)C(=O)Nc1ccccc1)C(=O)O. The molecule has 2 aromatic rings. The molecular weight excluding hydrogens is 454 g/mol. The van der Waals surface area contributed by atoms with Crippen LogP contribution in [0.2, 0.25) is 0 Å². The van der Waals surface area contributed by atoms with Crippen LogP contribution in [0.3, 0.4) is 0 Å². The van der Waals surface area contributed by atoms with E-state index < -0.39 is 24.1 Å². The van der Waals surface area contributed by atoms with Gasteiger partial charge in [-0.25, -0.2) is 0 Å². The molecule has 1 aliphatic rings. The summed E-state index contributed by atoms with van der Waals surface area (Å²) in [5.41, 5.74) is 1.74. The van der Waals surface area contributed by atoms with Gasteiger partial charge in [0.1, 0.15) is 12.1 Å². The molecule has 2 amide bonds. The summed E-state index contributed by atoms with van der Waals surface area (Å²) >= 11 is 0. The number of rotatable bonds is 13. The maximum absolute atomic E-state index is 13.4. The minimum absolute atomic E-state index is 0.251. The Kier molecular flexibility index (Phi) is 11.0. The predicted octanol–water partition coefficient (Wildman–Crippen LogP) is 4.53. The van der Waals surface area contributed by atoms with Crippen molar-refractivity contribution in [3.8, 4) is 0 Å². The first-order chi connectivity index (χ1) is 17.4. The number of carbonyl (C=O) groups excluding carboxylic acids is 2. The monoisotopic (exact) mass is 493 g/mol. The predicted molar refractivity (Wildman–Crippen MR) is 142 cm³/mol. The Morgan fingerprint density at radius 3 is 2.14 bits per heavy atom. The Hall–Kier alpha value is -3.19. The van der Waals surface area contributed by atoms with E-state index in [1.807, 2.05) is 60.7 Å². The summed E-state index contributed by atoms with van der Waals surface area (Å²) in [5.74, 6) is -1.06. The first-order valence-electron chi connectivity index (χ1n) is 13.1. The van der Waals surface area contributed by atoms with Gasteiger partial charge in [-0.2, -0.15) is 0 Å². The number of aliphatic carboxylic acids is 1. The second-order valence-corrected chi connectivity index (χ2v) is 9.80. The number of carboxylic acids is 1. The van der Waals surface area contributed by atoms with E-state index in [1.54, 1.807) is 0 Å². The van der Waals surface area contributed by atoms with Gasteiger partial charge in [0.2, 0.25) is 11.8 Å². The molecule has 0 unspecified atom stereocenters. The van der Waals surface area contributed by atoms with Crippen LogP contribution in [0.4, 0.5) is 5.69 Å². The number of para-hydroxylation sites is 1. The largest absolute Gasteiger partial charge is 0.480 e. The van der Waals surface area contributed by atoms with Crippen molar-refractivity contribution >= 4 is 23.5 Å². The highest BCUT2D eigenvalue weighted by atomic mass is 16.4. The Balaban J connectivity index is 1.70. The first kappa shape index (κ1) is 27.4. The lowest BCUT2D eigenvalue weighted by molar-refractivity contribution is -0.139. The van der Waals surface area contributed by atoms with Crippen LogP contribution in [-0.2, 0) is 20.8 Å². The van der Waals surface area contributed by atoms with Gasteiger partial charge in [-0.15, -0.1) is 0 Å². The van der Waals surface area contributed by atoms with Gasteiger partial charge < -0.3 is 15.7 Å². The molecule has 36 heavy (non-hydrogen) atoms. The van der Waals surface area contributed by atoms with Crippen molar-refractivity contribution in [1.82, 2.24) is 10.6 Å². The van der Waals surface area contributed by atoms with Crippen molar-refractivity contribution in [3.05, 3.63) is 66.2 Å². The van der Waals surface area contributed by atoms with Gasteiger partial charge in [-0.1, -0.05) is 80.6 Å². The third kappa shape index (κ3) is 9.11. The zero-order chi connectivity index (χ0) is 25.8. The molecule has 0 aliphatic heterocycles. The maximum atomic E-state index is 13.4. The zero-order valence-electron chi connectivity index (χ0n) is 21.1. The molecule has 1 saturated carbocycles. The van der Waals surface area contributed by atoms with E-state index in [0.29, 0.717) is 30.9 Å². The van der Waals surface area contributed by atoms with E-state index in [1.165, 1.54) is 39.0 Å². The Labute approximate surface area is 214 Å². The van der Waals surface area contributed by atoms with Gasteiger partial charge in [0.05, 0.1) is 6.04 Å². The summed E-state index contributed by atoms with van der Waals surface area (Å²) in [6.45, 7) is 1.52. The van der Waals surface area contributed by atoms with E-state index in [2.05, 4.69) is 16.0 Å². The van der Waals surface area contributed by atoms with Crippen LogP contribution >= 0.6 is 0 Å². The molecule has 0 bridgehead atoms. The Morgan fingerprint density at radius 2 is 1.50 bits per heavy atom. The molecule has 2 aromatic carbocycles. The fourth-order valence-corrected chi connectivity index (χ4v) is 4.79. The molecule has 0 aromatic heterocycles. The first-order valence-corrected chi connectivity index (χ1v) is 13.1. The maximum Gasteiger partial charge on any atom is 0.320 e. The summed E-state index contributed by atoms with van der Waals surface area (Å²) in [7, 11) is 0. The van der Waals surface area contributed by atoms with Crippen molar-refractivity contribution in [2.45, 2.75) is 82.8 Å². The fourth-order valence-electron chi connectivity index (χ4n) is 4.79. The number of hydrogen-bond donors (Lipinski definition) is 4. The summed E-state index contributed by atoms with van der Waals surface area (Å²) in [6.07, 6.45) is 8.49. The van der Waals surface area contributed by atoms with Crippen LogP contribution in [0.25, 0.3) is 0 Å². The van der Waals surface area contributed by atoms with Gasteiger partial charge in [0.25, 0.3) is 0 Å². The van der Waals surface area contributed by atoms with E-state index in [9.17, 15) is 19.5 Å². The molecule has 3 rings (SSSR count). The number of nitrogens with one attached hydrogen (secondary N) is 3. The zero-order valence-corrected chi connectivity index (χ0v) is 21.1. The average molecular weight is 494 g/mol. The van der Waals surface area contributed by atoms with E-state index in [0.717, 1.165) is 12.0 Å². The van der Waals surface area contributed by atoms with Gasteiger partial charge in [0.15, 0.2) is 0 Å². The quantitative estimate of drug-likeness (QED) is 0.328. The topological polar surface area (TPSA) is 108 Å². The molecule has 194 valence electrons. The smallest absolute Gasteiger partial charge is 0.320 e. The van der Waals surface area contributed by atoms with Gasteiger partial charge in [0, 0.05) is 5.69 Å². The lowest BCUT2D eigenvalue weighted by Gasteiger charge is -2.27. The van der Waals surface area contributed by atoms with Crippen molar-refractivity contribution in [2.75, 3.05) is 5.32 Å². The van der Waals surface area contributed by atoms with Gasteiger partial charge in [-0.3, -0.25) is 19.7 Å². The van der Waals surface area contributed by atoms with Crippen molar-refractivity contribution in [3.63, 3.8) is 0 Å². The highest BCUT2D eigenvalue weighted by molar-refractivity contribution is 5.97. The van der Waals surface area contributed by atoms with Crippen LogP contribution in [0.15, 0.2) is 60.7 Å². The molecule has 0 saturated heterocycles. The number of benzene rings is 2. The third-order valence-corrected chi connectivity index (χ3v) is 6.97. The Bertz CT molecular complexity index is 961. The second kappa shape index (κ2) is 14.4. The number of amides is 2. The summed E-state index contributed by atoms with van der Waals surface area (Å²) < 4.78 is 0. The molecule has 0 spiro atoms. The molecule has 0 radical (unpaired) electrons. The van der Waals surface area contributed by atoms with E-state index in [4.69, 9.17) is 0 Å². The van der Waals surface area contributed by atoms with Crippen molar-refractivity contribution in [1.29, 1.82) is 0 Å². The standard InChI is InChI=1S/C29H39N3O4/c1-21(29(35)36)30-25(19-17-22-11-5-2-6-12-22)28(34)32-26(20-18-23-13-7-3-8-14-23)27(33)31-24-15-9-4-10-16-24/h2,4-6,9-12,15-16,21,23,25-26,30H,3,7-8,13-14,17-20H2,1H3,(H,31,33)(H,32,34)(H,35,36)/t21-,25+,26+/m1/s1. The third-order valence-electron chi connectivity index (χ3n) is 6.97. The summed E-state index contributed by atoms with van der Waals surface area (Å²) in [6, 6.07) is 16.7. The van der Waals surface area contributed by atoms with Crippen LogP contribution in [0, 0.1) is 5.92 Å². The second-order valence-electron chi connectivity index (χ2n) is 9.80. The number of carboxylic acid groups (broad SMARTS) is 1. The van der Waals surface area contributed by atoms with Crippen LogP contribution in [0.5, 0.6) is 0 Å². The average Bonchev–Trinajstić information content (AvgIpc) is 2.90. The lowest BCUT2D eigenvalue weighted by atomic mass is 9.85. The van der Waals surface area contributed by atoms with Crippen LogP contribution in [-0.4, -0.2) is 41.0 Å². The van der Waals surface area contributed by atoms with E-state index >= 15 is 0 Å². The highest BCUT2D eigenvalue weighted by Gasteiger charge is 2.28. The van der Waals surface area contributed by atoms with Crippen molar-refractivity contribution < 1.29 is 19.5 Å². The Morgan fingerprint density at radius 1 is 0.861 bits per heavy atom. The van der Waals surface area contributed by atoms with Crippen molar-refractivity contribution in [2.24, 2.45) is 5.92 Å². The highest BCUT2D eigenvalue weighted by Crippen LogP contribution is 2.28. The van der Waals surface area contributed by atoms with E-state index in [-0.39, 0.29) is 11.8 Å². The number of aryl methyl sites for hydroxylation is 1. The lowest BCUT2D eigenvalue weighted by Crippen LogP contribution is -2.54.